The second kappa shape index (κ2) is 18.5. The molecule has 0 N–H and O–H groups in total. The molecule has 0 aliphatic rings. The molecule has 0 heterocycles. The van der Waals surface area contributed by atoms with Crippen LogP contribution in [-0.2, 0) is 19.1 Å². The van der Waals surface area contributed by atoms with Crippen molar-refractivity contribution in [2.45, 2.75) is 110 Å². The predicted molar refractivity (Wildman–Crippen MR) is 128 cm³/mol. The van der Waals surface area contributed by atoms with Gasteiger partial charge in [0.05, 0.1) is 12.9 Å². The normalized spacial score (nSPS) is 12.5. The summed E-state index contributed by atoms with van der Waals surface area (Å²) in [4.78, 5) is 39.0. The number of carbonyl (C=O) groups excluding carboxylic acids is 3. The topological polar surface area (TPSA) is 76.2 Å². The van der Waals surface area contributed by atoms with Gasteiger partial charge in [-0.3, -0.25) is 9.69 Å². The molecule has 2 amide bonds. The monoisotopic (exact) mass is 454 g/mol. The molecule has 32 heavy (non-hydrogen) atoms. The zero-order valence-electron chi connectivity index (χ0n) is 21.1. The van der Waals surface area contributed by atoms with E-state index in [2.05, 4.69) is 18.2 Å². The number of rotatable bonds is 18. The Morgan fingerprint density at radius 3 is 1.72 bits per heavy atom. The summed E-state index contributed by atoms with van der Waals surface area (Å²) in [5, 5.41) is 0. The average Bonchev–Trinajstić information content (AvgIpc) is 2.79. The van der Waals surface area contributed by atoms with Crippen LogP contribution in [0.1, 0.15) is 97.8 Å². The van der Waals surface area contributed by atoms with Gasteiger partial charge in [0.2, 0.25) is 5.91 Å². The molecular weight excluding hydrogens is 408 g/mol. The molecule has 0 aliphatic carbocycles. The summed E-state index contributed by atoms with van der Waals surface area (Å²) < 4.78 is 10.0. The van der Waals surface area contributed by atoms with Crippen molar-refractivity contribution in [1.82, 2.24) is 9.80 Å². The molecule has 0 saturated carbocycles. The van der Waals surface area contributed by atoms with Crippen LogP contribution in [0.25, 0.3) is 0 Å². The fraction of sp³-hybridized carbons (Fsp3) is 0.800. The van der Waals surface area contributed by atoms with E-state index in [1.54, 1.807) is 13.8 Å². The number of ether oxygens (including phenoxy) is 2. The summed E-state index contributed by atoms with van der Waals surface area (Å²) >= 11 is 0. The van der Waals surface area contributed by atoms with Crippen molar-refractivity contribution in [2.75, 3.05) is 20.7 Å². The van der Waals surface area contributed by atoms with Crippen LogP contribution < -0.4 is 0 Å². The van der Waals surface area contributed by atoms with Gasteiger partial charge in [0.15, 0.2) is 0 Å². The van der Waals surface area contributed by atoms with Crippen LogP contribution in [0.4, 0.5) is 4.79 Å². The lowest BCUT2D eigenvalue weighted by Crippen LogP contribution is -2.51. The lowest BCUT2D eigenvalue weighted by Gasteiger charge is -2.30. The number of esters is 1. The lowest BCUT2D eigenvalue weighted by atomic mass is 10.1. The van der Waals surface area contributed by atoms with E-state index in [0.29, 0.717) is 6.61 Å². The minimum atomic E-state index is -0.779. The Bertz CT molecular complexity index is 552. The van der Waals surface area contributed by atoms with Gasteiger partial charge in [-0.1, -0.05) is 84.1 Å². The number of carbonyl (C=O) groups is 3. The number of likely N-dealkylation sites (N-methyl/N-ethyl adjacent to an activating group) is 2. The van der Waals surface area contributed by atoms with Crippen LogP contribution in [-0.4, -0.2) is 60.6 Å². The summed E-state index contributed by atoms with van der Waals surface area (Å²) in [6.07, 6.45) is 15.3. The number of hydrogen-bond acceptors (Lipinski definition) is 5. The van der Waals surface area contributed by atoms with Crippen molar-refractivity contribution in [1.29, 1.82) is 0 Å². The second-order valence-corrected chi connectivity index (χ2v) is 8.52. The molecule has 0 radical (unpaired) electrons. The highest BCUT2D eigenvalue weighted by atomic mass is 16.5. The quantitative estimate of drug-likeness (QED) is 0.151. The van der Waals surface area contributed by atoms with E-state index in [0.717, 1.165) is 30.4 Å². The SMILES string of the molecule is C=COC(=O)N(C)C(C)C(=O)N(C)C(C)C(=O)OCCCCCCCCCCCCCC. The first kappa shape index (κ1) is 29.9. The third kappa shape index (κ3) is 12.7. The molecule has 0 aromatic rings. The van der Waals surface area contributed by atoms with E-state index in [-0.39, 0.29) is 5.91 Å². The van der Waals surface area contributed by atoms with E-state index in [4.69, 9.17) is 4.74 Å². The Morgan fingerprint density at radius 2 is 1.25 bits per heavy atom. The highest BCUT2D eigenvalue weighted by Gasteiger charge is 2.31. The molecular formula is C25H46N2O5. The number of amides is 2. The highest BCUT2D eigenvalue weighted by molar-refractivity contribution is 5.89. The molecule has 0 rings (SSSR count). The van der Waals surface area contributed by atoms with E-state index >= 15 is 0 Å². The summed E-state index contributed by atoms with van der Waals surface area (Å²) in [7, 11) is 2.99. The van der Waals surface area contributed by atoms with Crippen LogP contribution in [0, 0.1) is 0 Å². The van der Waals surface area contributed by atoms with Crippen LogP contribution in [0.2, 0.25) is 0 Å². The van der Waals surface area contributed by atoms with Gasteiger partial charge in [0.1, 0.15) is 12.1 Å². The molecule has 0 spiro atoms. The maximum atomic E-state index is 12.6. The van der Waals surface area contributed by atoms with E-state index in [9.17, 15) is 14.4 Å². The molecule has 0 aromatic carbocycles. The zero-order valence-corrected chi connectivity index (χ0v) is 21.1. The van der Waals surface area contributed by atoms with E-state index < -0.39 is 24.1 Å². The molecule has 0 aliphatic heterocycles. The van der Waals surface area contributed by atoms with Gasteiger partial charge in [0.25, 0.3) is 0 Å². The summed E-state index contributed by atoms with van der Waals surface area (Å²) in [6, 6.07) is -1.51. The van der Waals surface area contributed by atoms with Gasteiger partial charge >= 0.3 is 12.1 Å². The van der Waals surface area contributed by atoms with Crippen LogP contribution in [0.5, 0.6) is 0 Å². The van der Waals surface area contributed by atoms with Crippen molar-refractivity contribution < 1.29 is 23.9 Å². The van der Waals surface area contributed by atoms with Crippen LogP contribution in [0.15, 0.2) is 12.8 Å². The third-order valence-corrected chi connectivity index (χ3v) is 5.92. The standard InChI is InChI=1S/C25H46N2O5/c1-7-9-10-11-12-13-14-15-16-17-18-19-20-32-24(29)22(4)26(5)23(28)21(3)27(6)25(30)31-8-2/h8,21-22H,2,7,9-20H2,1,3-6H3. The maximum absolute atomic E-state index is 12.6. The number of unbranched alkanes of at least 4 members (excludes halogenated alkanes) is 11. The van der Waals surface area contributed by atoms with E-state index in [1.807, 2.05) is 0 Å². The van der Waals surface area contributed by atoms with Crippen molar-refractivity contribution in [3.63, 3.8) is 0 Å². The van der Waals surface area contributed by atoms with Crippen molar-refractivity contribution in [3.05, 3.63) is 12.8 Å². The molecule has 7 heteroatoms. The minimum absolute atomic E-state index is 0.365. The maximum Gasteiger partial charge on any atom is 0.415 e. The van der Waals surface area contributed by atoms with Gasteiger partial charge in [-0.15, -0.1) is 0 Å². The molecule has 0 bridgehead atoms. The van der Waals surface area contributed by atoms with Gasteiger partial charge in [-0.2, -0.15) is 0 Å². The molecule has 0 saturated heterocycles. The minimum Gasteiger partial charge on any atom is -0.464 e. The number of nitrogens with zero attached hydrogens (tertiary/aromatic N) is 2. The van der Waals surface area contributed by atoms with E-state index in [1.165, 1.54) is 76.8 Å². The number of hydrogen-bond donors (Lipinski definition) is 0. The molecule has 2 atom stereocenters. The molecule has 0 aromatic heterocycles. The molecule has 2 unspecified atom stereocenters. The van der Waals surface area contributed by atoms with Gasteiger partial charge in [-0.25, -0.2) is 9.59 Å². The third-order valence-electron chi connectivity index (χ3n) is 5.92. The van der Waals surface area contributed by atoms with Gasteiger partial charge in [-0.05, 0) is 20.3 Å². The first-order chi connectivity index (χ1) is 15.3. The first-order valence-corrected chi connectivity index (χ1v) is 12.3. The summed E-state index contributed by atoms with van der Waals surface area (Å²) in [5.41, 5.74) is 0. The highest BCUT2D eigenvalue weighted by Crippen LogP contribution is 2.12. The average molecular weight is 455 g/mol. The van der Waals surface area contributed by atoms with Crippen LogP contribution in [0.3, 0.4) is 0 Å². The Kier molecular flexibility index (Phi) is 17.3. The summed E-state index contributed by atoms with van der Waals surface area (Å²) in [6.45, 7) is 9.13. The van der Waals surface area contributed by atoms with Crippen molar-refractivity contribution >= 4 is 18.0 Å². The second-order valence-electron chi connectivity index (χ2n) is 8.52. The van der Waals surface area contributed by atoms with Gasteiger partial charge < -0.3 is 14.4 Å². The van der Waals surface area contributed by atoms with Crippen molar-refractivity contribution in [3.8, 4) is 0 Å². The summed E-state index contributed by atoms with van der Waals surface area (Å²) in [5.74, 6) is -0.809. The lowest BCUT2D eigenvalue weighted by molar-refractivity contribution is -0.154. The molecule has 7 nitrogen and oxygen atoms in total. The molecule has 186 valence electrons. The molecule has 0 fully saturated rings. The predicted octanol–water partition coefficient (Wildman–Crippen LogP) is 5.68. The van der Waals surface area contributed by atoms with Crippen molar-refractivity contribution in [2.24, 2.45) is 0 Å². The Labute approximate surface area is 195 Å². The Balaban J connectivity index is 3.95. The first-order valence-electron chi connectivity index (χ1n) is 12.3. The smallest absolute Gasteiger partial charge is 0.415 e. The fourth-order valence-corrected chi connectivity index (χ4v) is 3.36. The Hall–Kier alpha value is -2.05. The van der Waals surface area contributed by atoms with Gasteiger partial charge in [0, 0.05) is 14.1 Å². The fourth-order valence-electron chi connectivity index (χ4n) is 3.36. The Morgan fingerprint density at radius 1 is 0.781 bits per heavy atom. The largest absolute Gasteiger partial charge is 0.464 e. The zero-order chi connectivity index (χ0) is 24.4. The van der Waals surface area contributed by atoms with Crippen LogP contribution >= 0.6 is 0 Å².